The zero-order valence-electron chi connectivity index (χ0n) is 11.3. The molecule has 0 saturated heterocycles. The minimum Gasteiger partial charge on any atom is -0.481 e. The van der Waals surface area contributed by atoms with Crippen LogP contribution in [-0.4, -0.2) is 29.4 Å². The molecule has 0 heterocycles. The van der Waals surface area contributed by atoms with E-state index in [-0.39, 0.29) is 25.2 Å². The number of nitrogens with zero attached hydrogens (tertiary/aromatic N) is 1. The molecule has 20 heavy (non-hydrogen) atoms. The normalized spacial score (nSPS) is 10.9. The van der Waals surface area contributed by atoms with E-state index in [9.17, 15) is 9.59 Å². The maximum atomic E-state index is 11.7. The summed E-state index contributed by atoms with van der Waals surface area (Å²) in [6.07, 6.45) is 0.582. The zero-order valence-corrected chi connectivity index (χ0v) is 11.3. The van der Waals surface area contributed by atoms with E-state index in [1.165, 1.54) is 0 Å². The van der Waals surface area contributed by atoms with Crippen LogP contribution in [0.15, 0.2) is 35.4 Å². The molecule has 108 valence electrons. The van der Waals surface area contributed by atoms with E-state index >= 15 is 0 Å². The van der Waals surface area contributed by atoms with Gasteiger partial charge in [0, 0.05) is 6.42 Å². The Morgan fingerprint density at radius 3 is 2.55 bits per heavy atom. The zero-order chi connectivity index (χ0) is 14.8. The van der Waals surface area contributed by atoms with E-state index < -0.39 is 11.9 Å². The van der Waals surface area contributed by atoms with Gasteiger partial charge in [0.25, 0.3) is 0 Å². The molecular weight excluding hydrogens is 260 g/mol. The number of nitrogens with one attached hydrogen (secondary N) is 1. The number of para-hydroxylation sites is 1. The standard InChI is InChI=1S/C14H18N2O4/c1-2-20-14(19)12(9-6-10-13(17)18)16-15-11-7-4-3-5-8-11/h3-5,7-8,15H,2,6,9-10H2,1H3,(H,17,18)/b16-12-. The first-order chi connectivity index (χ1) is 9.63. The molecule has 6 nitrogen and oxygen atoms in total. The predicted molar refractivity (Wildman–Crippen MR) is 75.6 cm³/mol. The summed E-state index contributed by atoms with van der Waals surface area (Å²) in [5.74, 6) is -1.43. The first-order valence-corrected chi connectivity index (χ1v) is 6.40. The lowest BCUT2D eigenvalue weighted by Gasteiger charge is -2.06. The van der Waals surface area contributed by atoms with Crippen LogP contribution in [0.4, 0.5) is 5.69 Å². The molecule has 0 aliphatic carbocycles. The van der Waals surface area contributed by atoms with Crippen LogP contribution in [0.2, 0.25) is 0 Å². The Hall–Kier alpha value is -2.37. The summed E-state index contributed by atoms with van der Waals surface area (Å²) in [5, 5.41) is 12.6. The predicted octanol–water partition coefficient (Wildman–Crippen LogP) is 2.27. The topological polar surface area (TPSA) is 88.0 Å². The minimum atomic E-state index is -0.899. The van der Waals surface area contributed by atoms with Gasteiger partial charge in [0.1, 0.15) is 5.71 Å². The molecular formula is C14H18N2O4. The fraction of sp³-hybridized carbons (Fsp3) is 0.357. The average molecular weight is 278 g/mol. The number of rotatable bonds is 8. The number of benzene rings is 1. The van der Waals surface area contributed by atoms with Crippen molar-refractivity contribution >= 4 is 23.3 Å². The van der Waals surface area contributed by atoms with Crippen LogP contribution < -0.4 is 5.43 Å². The molecule has 6 heteroatoms. The van der Waals surface area contributed by atoms with Crippen molar-refractivity contribution in [2.24, 2.45) is 5.10 Å². The van der Waals surface area contributed by atoms with Crippen molar-refractivity contribution in [1.82, 2.24) is 0 Å². The number of carboxylic acid groups (broad SMARTS) is 1. The van der Waals surface area contributed by atoms with E-state index in [0.717, 1.165) is 5.69 Å². The smallest absolute Gasteiger partial charge is 0.354 e. The quantitative estimate of drug-likeness (QED) is 0.432. The van der Waals surface area contributed by atoms with E-state index in [0.29, 0.717) is 6.42 Å². The van der Waals surface area contributed by atoms with Crippen molar-refractivity contribution in [1.29, 1.82) is 0 Å². The lowest BCUT2D eigenvalue weighted by atomic mass is 10.1. The summed E-state index contributed by atoms with van der Waals surface area (Å²) >= 11 is 0. The van der Waals surface area contributed by atoms with Gasteiger partial charge in [-0.2, -0.15) is 5.10 Å². The van der Waals surface area contributed by atoms with E-state index in [1.807, 2.05) is 30.3 Å². The lowest BCUT2D eigenvalue weighted by Crippen LogP contribution is -2.19. The molecule has 0 aliphatic heterocycles. The summed E-state index contributed by atoms with van der Waals surface area (Å²) in [6, 6.07) is 9.17. The van der Waals surface area contributed by atoms with Crippen LogP contribution in [0.3, 0.4) is 0 Å². The molecule has 0 fully saturated rings. The number of anilines is 1. The molecule has 0 atom stereocenters. The van der Waals surface area contributed by atoms with Crippen LogP contribution in [0.25, 0.3) is 0 Å². The van der Waals surface area contributed by atoms with Gasteiger partial charge < -0.3 is 9.84 Å². The van der Waals surface area contributed by atoms with E-state index in [1.54, 1.807) is 6.92 Å². The molecule has 1 aromatic carbocycles. The highest BCUT2D eigenvalue weighted by Crippen LogP contribution is 2.06. The molecule has 0 bridgehead atoms. The number of hydrogen-bond acceptors (Lipinski definition) is 5. The molecule has 0 radical (unpaired) electrons. The Bertz CT molecular complexity index is 471. The Balaban J connectivity index is 2.65. The third-order valence-corrected chi connectivity index (χ3v) is 2.41. The lowest BCUT2D eigenvalue weighted by molar-refractivity contribution is -0.137. The first kappa shape index (κ1) is 15.7. The van der Waals surface area contributed by atoms with E-state index in [2.05, 4.69) is 10.5 Å². The Labute approximate surface area is 117 Å². The van der Waals surface area contributed by atoms with Gasteiger partial charge in [0.2, 0.25) is 0 Å². The number of aliphatic carboxylic acids is 1. The average Bonchev–Trinajstić information content (AvgIpc) is 2.43. The molecule has 0 saturated carbocycles. The largest absolute Gasteiger partial charge is 0.481 e. The second-order valence-corrected chi connectivity index (χ2v) is 4.00. The van der Waals surface area contributed by atoms with Crippen molar-refractivity contribution in [3.8, 4) is 0 Å². The number of carboxylic acids is 1. The van der Waals surface area contributed by atoms with Gasteiger partial charge in [-0.1, -0.05) is 18.2 Å². The van der Waals surface area contributed by atoms with Gasteiger partial charge in [-0.05, 0) is 31.9 Å². The summed E-state index contributed by atoms with van der Waals surface area (Å²) in [5.41, 5.74) is 3.70. The molecule has 0 amide bonds. The van der Waals surface area contributed by atoms with E-state index in [4.69, 9.17) is 9.84 Å². The highest BCUT2D eigenvalue weighted by molar-refractivity contribution is 6.36. The number of hydrazone groups is 1. The van der Waals surface area contributed by atoms with Crippen molar-refractivity contribution in [2.75, 3.05) is 12.0 Å². The highest BCUT2D eigenvalue weighted by atomic mass is 16.5. The molecule has 0 spiro atoms. The van der Waals surface area contributed by atoms with Crippen molar-refractivity contribution in [3.63, 3.8) is 0 Å². The molecule has 2 N–H and O–H groups in total. The Morgan fingerprint density at radius 2 is 1.95 bits per heavy atom. The van der Waals surface area contributed by atoms with Crippen LogP contribution >= 0.6 is 0 Å². The summed E-state index contributed by atoms with van der Waals surface area (Å²) in [7, 11) is 0. The fourth-order valence-corrected chi connectivity index (χ4v) is 1.47. The van der Waals surface area contributed by atoms with Crippen molar-refractivity contribution in [2.45, 2.75) is 26.2 Å². The molecule has 0 aromatic heterocycles. The highest BCUT2D eigenvalue weighted by Gasteiger charge is 2.13. The number of carbonyl (C=O) groups is 2. The summed E-state index contributed by atoms with van der Waals surface area (Å²) in [6.45, 7) is 1.96. The van der Waals surface area contributed by atoms with Crippen LogP contribution in [0.5, 0.6) is 0 Å². The molecule has 0 unspecified atom stereocenters. The van der Waals surface area contributed by atoms with Crippen molar-refractivity contribution in [3.05, 3.63) is 30.3 Å². The molecule has 0 aliphatic rings. The monoisotopic (exact) mass is 278 g/mol. The van der Waals surface area contributed by atoms with Crippen LogP contribution in [0.1, 0.15) is 26.2 Å². The minimum absolute atomic E-state index is 0.0102. The number of ether oxygens (including phenoxy) is 1. The Kier molecular flexibility index (Phi) is 6.81. The Morgan fingerprint density at radius 1 is 1.25 bits per heavy atom. The van der Waals surface area contributed by atoms with Gasteiger partial charge >= 0.3 is 11.9 Å². The fourth-order valence-electron chi connectivity index (χ4n) is 1.47. The third kappa shape index (κ3) is 5.99. The van der Waals surface area contributed by atoms with Crippen LogP contribution in [-0.2, 0) is 14.3 Å². The first-order valence-electron chi connectivity index (χ1n) is 6.40. The number of hydrogen-bond donors (Lipinski definition) is 2. The van der Waals surface area contributed by atoms with Crippen molar-refractivity contribution < 1.29 is 19.4 Å². The van der Waals surface area contributed by atoms with Gasteiger partial charge in [0.15, 0.2) is 0 Å². The third-order valence-electron chi connectivity index (χ3n) is 2.41. The second-order valence-electron chi connectivity index (χ2n) is 4.00. The van der Waals surface area contributed by atoms with Gasteiger partial charge in [-0.15, -0.1) is 0 Å². The van der Waals surface area contributed by atoms with Gasteiger partial charge in [-0.25, -0.2) is 4.79 Å². The van der Waals surface area contributed by atoms with Gasteiger partial charge in [0.05, 0.1) is 12.3 Å². The molecule has 1 rings (SSSR count). The summed E-state index contributed by atoms with van der Waals surface area (Å²) < 4.78 is 4.89. The second kappa shape index (κ2) is 8.68. The number of carbonyl (C=O) groups excluding carboxylic acids is 1. The maximum Gasteiger partial charge on any atom is 0.354 e. The van der Waals surface area contributed by atoms with Gasteiger partial charge in [-0.3, -0.25) is 10.2 Å². The summed E-state index contributed by atoms with van der Waals surface area (Å²) in [4.78, 5) is 22.2. The maximum absolute atomic E-state index is 11.7. The molecule has 1 aromatic rings. The van der Waals surface area contributed by atoms with Crippen LogP contribution in [0, 0.1) is 0 Å². The number of esters is 1. The SMILES string of the molecule is CCOC(=O)/C(CCCC(=O)O)=N\Nc1ccccc1.